The molecule has 0 radical (unpaired) electrons. The fourth-order valence-corrected chi connectivity index (χ4v) is 4.86. The third-order valence-electron chi connectivity index (χ3n) is 6.01. The molecular weight excluding hydrogens is 444 g/mol. The van der Waals surface area contributed by atoms with E-state index in [0.717, 1.165) is 34.5 Å². The van der Waals surface area contributed by atoms with Gasteiger partial charge in [-0.15, -0.1) is 0 Å². The first-order valence-corrected chi connectivity index (χ1v) is 12.3. The van der Waals surface area contributed by atoms with Crippen molar-refractivity contribution in [2.45, 2.75) is 26.2 Å². The summed E-state index contributed by atoms with van der Waals surface area (Å²) in [6.07, 6.45) is 3.02. The fourth-order valence-electron chi connectivity index (χ4n) is 3.87. The summed E-state index contributed by atoms with van der Waals surface area (Å²) in [5.41, 5.74) is 3.91. The van der Waals surface area contributed by atoms with E-state index in [9.17, 15) is 4.79 Å². The Morgan fingerprint density at radius 2 is 1.59 bits per heavy atom. The van der Waals surface area contributed by atoms with Gasteiger partial charge in [0.2, 0.25) is 0 Å². The summed E-state index contributed by atoms with van der Waals surface area (Å²) in [6, 6.07) is 23.7. The second-order valence-electron chi connectivity index (χ2n) is 8.28. The summed E-state index contributed by atoms with van der Waals surface area (Å²) >= 11 is 1.40. The minimum absolute atomic E-state index is 0.0386. The topological polar surface area (TPSA) is 52.8 Å². The van der Waals surface area contributed by atoms with Gasteiger partial charge in [-0.1, -0.05) is 61.6 Å². The SMILES string of the molecule is CCC(C)c1ccc(OCCOc2ccc(C=c3sc4nc5ccccc5n4c3=O)cc2)cc1. The summed E-state index contributed by atoms with van der Waals surface area (Å²) in [5, 5.41) is 0. The van der Waals surface area contributed by atoms with E-state index in [1.54, 1.807) is 4.40 Å². The number of fused-ring (bicyclic) bond motifs is 3. The Morgan fingerprint density at radius 3 is 2.26 bits per heavy atom. The lowest BCUT2D eigenvalue weighted by Crippen LogP contribution is -2.22. The van der Waals surface area contributed by atoms with Crippen LogP contribution >= 0.6 is 11.3 Å². The standard InChI is InChI=1S/C28H26N2O3S/c1-3-19(2)21-10-14-23(15-11-21)33-17-16-32-22-12-8-20(9-13-22)18-26-27(31)30-25-7-5-4-6-24(25)29-28(30)34-26/h4-15,18-19H,3,16-17H2,1-2H3. The first kappa shape index (κ1) is 22.2. The lowest BCUT2D eigenvalue weighted by atomic mass is 9.99. The van der Waals surface area contributed by atoms with Gasteiger partial charge in [0.1, 0.15) is 24.7 Å². The summed E-state index contributed by atoms with van der Waals surface area (Å²) in [4.78, 5) is 18.2. The molecule has 0 saturated carbocycles. The maximum atomic E-state index is 12.9. The predicted octanol–water partition coefficient (Wildman–Crippen LogP) is 5.43. The number of hydrogen-bond acceptors (Lipinski definition) is 5. The average Bonchev–Trinajstić information content (AvgIpc) is 3.38. The molecule has 0 aliphatic rings. The second kappa shape index (κ2) is 9.69. The number of imidazole rings is 1. The van der Waals surface area contributed by atoms with Gasteiger partial charge in [0.15, 0.2) is 4.96 Å². The van der Waals surface area contributed by atoms with Crippen molar-refractivity contribution in [1.82, 2.24) is 9.38 Å². The third kappa shape index (κ3) is 4.54. The number of ether oxygens (including phenoxy) is 2. The van der Waals surface area contributed by atoms with E-state index in [1.165, 1.54) is 16.9 Å². The molecule has 0 N–H and O–H groups in total. The first-order valence-electron chi connectivity index (χ1n) is 11.5. The van der Waals surface area contributed by atoms with Crippen LogP contribution < -0.4 is 19.6 Å². The van der Waals surface area contributed by atoms with Crippen LogP contribution in [0.4, 0.5) is 0 Å². The Labute approximate surface area is 201 Å². The van der Waals surface area contributed by atoms with E-state index in [2.05, 4.69) is 31.0 Å². The molecule has 5 aromatic rings. The molecule has 1 atom stereocenters. The summed E-state index contributed by atoms with van der Waals surface area (Å²) < 4.78 is 13.9. The number of hydrogen-bond donors (Lipinski definition) is 0. The highest BCUT2D eigenvalue weighted by Crippen LogP contribution is 2.21. The predicted molar refractivity (Wildman–Crippen MR) is 138 cm³/mol. The van der Waals surface area contributed by atoms with Gasteiger partial charge in [0, 0.05) is 0 Å². The van der Waals surface area contributed by atoms with E-state index in [-0.39, 0.29) is 5.56 Å². The number of nitrogens with zero attached hydrogens (tertiary/aromatic N) is 2. The zero-order chi connectivity index (χ0) is 23.5. The van der Waals surface area contributed by atoms with Crippen LogP contribution in [0.2, 0.25) is 0 Å². The molecule has 1 unspecified atom stereocenters. The van der Waals surface area contributed by atoms with Gasteiger partial charge in [-0.25, -0.2) is 9.38 Å². The Kier molecular flexibility index (Phi) is 6.32. The van der Waals surface area contributed by atoms with E-state index in [0.29, 0.717) is 28.6 Å². The first-order chi connectivity index (χ1) is 16.6. The van der Waals surface area contributed by atoms with Gasteiger partial charge in [-0.3, -0.25) is 4.79 Å². The van der Waals surface area contributed by atoms with Crippen molar-refractivity contribution in [3.8, 4) is 11.5 Å². The maximum Gasteiger partial charge on any atom is 0.274 e. The molecule has 5 nitrogen and oxygen atoms in total. The molecule has 172 valence electrons. The average molecular weight is 471 g/mol. The Morgan fingerprint density at radius 1 is 0.941 bits per heavy atom. The minimum Gasteiger partial charge on any atom is -0.490 e. The highest BCUT2D eigenvalue weighted by molar-refractivity contribution is 7.15. The molecule has 0 bridgehead atoms. The lowest BCUT2D eigenvalue weighted by molar-refractivity contribution is 0.217. The molecule has 0 spiro atoms. The zero-order valence-electron chi connectivity index (χ0n) is 19.2. The molecule has 5 rings (SSSR count). The molecular formula is C28H26N2O3S. The second-order valence-corrected chi connectivity index (χ2v) is 9.29. The van der Waals surface area contributed by atoms with Crippen molar-refractivity contribution in [1.29, 1.82) is 0 Å². The minimum atomic E-state index is -0.0386. The zero-order valence-corrected chi connectivity index (χ0v) is 20.0. The molecule has 6 heteroatoms. The van der Waals surface area contributed by atoms with Gasteiger partial charge < -0.3 is 9.47 Å². The van der Waals surface area contributed by atoms with Crippen molar-refractivity contribution in [2.75, 3.05) is 13.2 Å². The van der Waals surface area contributed by atoms with Crippen LogP contribution in [-0.2, 0) is 0 Å². The van der Waals surface area contributed by atoms with Gasteiger partial charge >= 0.3 is 0 Å². The van der Waals surface area contributed by atoms with Gasteiger partial charge in [-0.05, 0) is 65.9 Å². The number of benzene rings is 3. The molecule has 0 aliphatic heterocycles. The Balaban J connectivity index is 1.20. The molecule has 34 heavy (non-hydrogen) atoms. The van der Waals surface area contributed by atoms with Crippen LogP contribution in [0.1, 0.15) is 37.3 Å². The monoisotopic (exact) mass is 470 g/mol. The smallest absolute Gasteiger partial charge is 0.274 e. The van der Waals surface area contributed by atoms with Crippen LogP contribution in [0.5, 0.6) is 11.5 Å². The maximum absolute atomic E-state index is 12.9. The van der Waals surface area contributed by atoms with Crippen molar-refractivity contribution in [2.24, 2.45) is 0 Å². The van der Waals surface area contributed by atoms with Gasteiger partial charge in [0.05, 0.1) is 15.6 Å². The summed E-state index contributed by atoms with van der Waals surface area (Å²) in [6.45, 7) is 5.35. The van der Waals surface area contributed by atoms with E-state index < -0.39 is 0 Å². The molecule has 2 heterocycles. The van der Waals surface area contributed by atoms with Crippen LogP contribution in [0.15, 0.2) is 77.6 Å². The highest BCUT2D eigenvalue weighted by Gasteiger charge is 2.10. The van der Waals surface area contributed by atoms with Crippen molar-refractivity contribution < 1.29 is 9.47 Å². The van der Waals surface area contributed by atoms with Crippen molar-refractivity contribution in [3.05, 3.63) is 98.8 Å². The van der Waals surface area contributed by atoms with E-state index >= 15 is 0 Å². The quantitative estimate of drug-likeness (QED) is 0.284. The van der Waals surface area contributed by atoms with Crippen molar-refractivity contribution in [3.63, 3.8) is 0 Å². The number of para-hydroxylation sites is 2. The van der Waals surface area contributed by atoms with Gasteiger partial charge in [-0.2, -0.15) is 0 Å². The normalized spacial score (nSPS) is 12.9. The van der Waals surface area contributed by atoms with E-state index in [1.807, 2.05) is 66.7 Å². The number of aromatic nitrogens is 2. The Hall–Kier alpha value is -3.64. The molecule has 3 aromatic carbocycles. The largest absolute Gasteiger partial charge is 0.490 e. The summed E-state index contributed by atoms with van der Waals surface area (Å²) in [7, 11) is 0. The Bertz CT molecular complexity index is 1520. The van der Waals surface area contributed by atoms with Gasteiger partial charge in [0.25, 0.3) is 5.56 Å². The number of rotatable bonds is 8. The third-order valence-corrected chi connectivity index (χ3v) is 6.97. The molecule has 0 amide bonds. The van der Waals surface area contributed by atoms with Crippen molar-refractivity contribution >= 4 is 33.4 Å². The molecule has 0 aliphatic carbocycles. The molecule has 0 saturated heterocycles. The molecule has 0 fully saturated rings. The molecule has 2 aromatic heterocycles. The number of thiazole rings is 1. The van der Waals surface area contributed by atoms with Crippen LogP contribution in [-0.4, -0.2) is 22.6 Å². The fraction of sp³-hybridized carbons (Fsp3) is 0.214. The van der Waals surface area contributed by atoms with E-state index in [4.69, 9.17) is 9.47 Å². The lowest BCUT2D eigenvalue weighted by Gasteiger charge is -2.11. The van der Waals surface area contributed by atoms with Crippen LogP contribution in [0.25, 0.3) is 22.1 Å². The van der Waals surface area contributed by atoms with Crippen LogP contribution in [0.3, 0.4) is 0 Å². The van der Waals surface area contributed by atoms with Crippen LogP contribution in [0, 0.1) is 0 Å². The highest BCUT2D eigenvalue weighted by atomic mass is 32.1. The summed E-state index contributed by atoms with van der Waals surface area (Å²) in [5.74, 6) is 2.18.